The summed E-state index contributed by atoms with van der Waals surface area (Å²) in [6.07, 6.45) is 4.96. The number of carbonyl (C=O) groups is 1. The van der Waals surface area contributed by atoms with Crippen LogP contribution in [0.4, 0.5) is 0 Å². The minimum absolute atomic E-state index is 0.0721. The largest absolute Gasteiger partial charge is 0.493 e. The number of rotatable bonds is 7. The Hall–Kier alpha value is -3.29. The number of ether oxygens (including phenoxy) is 4. The molecule has 0 radical (unpaired) electrons. The van der Waals surface area contributed by atoms with Crippen LogP contribution in [-0.2, 0) is 4.79 Å². The molecule has 1 amide bonds. The number of aromatic nitrogens is 2. The molecule has 31 heavy (non-hydrogen) atoms. The number of hydrogen-bond acceptors (Lipinski definition) is 7. The molecule has 0 N–H and O–H groups in total. The first kappa shape index (κ1) is 22.4. The molecule has 0 saturated carbocycles. The second-order valence-electron chi connectivity index (χ2n) is 7.35. The summed E-state index contributed by atoms with van der Waals surface area (Å²) >= 11 is 0. The van der Waals surface area contributed by atoms with Crippen molar-refractivity contribution in [2.45, 2.75) is 32.8 Å². The number of carbonyl (C=O) groups excluding carboxylic acids is 1. The van der Waals surface area contributed by atoms with E-state index in [2.05, 4.69) is 9.97 Å². The molecule has 1 aliphatic rings. The maximum atomic E-state index is 12.8. The van der Waals surface area contributed by atoms with Crippen molar-refractivity contribution in [1.82, 2.24) is 14.9 Å². The molecule has 8 nitrogen and oxygen atoms in total. The van der Waals surface area contributed by atoms with Gasteiger partial charge in [-0.15, -0.1) is 0 Å². The van der Waals surface area contributed by atoms with Crippen molar-refractivity contribution in [3.63, 3.8) is 0 Å². The third kappa shape index (κ3) is 5.65. The lowest BCUT2D eigenvalue weighted by molar-refractivity contribution is -0.128. The van der Waals surface area contributed by atoms with E-state index >= 15 is 0 Å². The van der Waals surface area contributed by atoms with Crippen molar-refractivity contribution in [2.75, 3.05) is 34.4 Å². The van der Waals surface area contributed by atoms with E-state index in [1.54, 1.807) is 50.5 Å². The summed E-state index contributed by atoms with van der Waals surface area (Å²) < 4.78 is 22.1. The van der Waals surface area contributed by atoms with Gasteiger partial charge in [0.05, 0.1) is 27.9 Å². The minimum atomic E-state index is -0.0963. The first-order valence-corrected chi connectivity index (χ1v) is 10.2. The molecule has 166 valence electrons. The first-order chi connectivity index (χ1) is 14.9. The normalized spacial score (nSPS) is 16.3. The van der Waals surface area contributed by atoms with Crippen LogP contribution in [0, 0.1) is 13.8 Å². The highest BCUT2D eigenvalue weighted by Gasteiger charge is 2.24. The lowest BCUT2D eigenvalue weighted by Gasteiger charge is -2.32. The van der Waals surface area contributed by atoms with E-state index in [0.29, 0.717) is 42.0 Å². The predicted molar refractivity (Wildman–Crippen MR) is 117 cm³/mol. The summed E-state index contributed by atoms with van der Waals surface area (Å²) in [7, 11) is 4.67. The van der Waals surface area contributed by atoms with E-state index in [-0.39, 0.29) is 12.0 Å². The van der Waals surface area contributed by atoms with Crippen molar-refractivity contribution < 1.29 is 23.7 Å². The first-order valence-electron chi connectivity index (χ1n) is 10.2. The minimum Gasteiger partial charge on any atom is -0.493 e. The van der Waals surface area contributed by atoms with Crippen LogP contribution in [0.15, 0.2) is 24.3 Å². The lowest BCUT2D eigenvalue weighted by Crippen LogP contribution is -2.43. The highest BCUT2D eigenvalue weighted by atomic mass is 16.5. The molecule has 8 heteroatoms. The molecule has 1 unspecified atom stereocenters. The van der Waals surface area contributed by atoms with Crippen LogP contribution in [0.3, 0.4) is 0 Å². The number of benzene rings is 1. The van der Waals surface area contributed by atoms with Gasteiger partial charge in [-0.05, 0) is 50.5 Å². The van der Waals surface area contributed by atoms with Gasteiger partial charge >= 0.3 is 0 Å². The second kappa shape index (κ2) is 10.1. The number of likely N-dealkylation sites (tertiary alicyclic amines) is 1. The Morgan fingerprint density at radius 2 is 1.77 bits per heavy atom. The van der Waals surface area contributed by atoms with Crippen LogP contribution >= 0.6 is 0 Å². The van der Waals surface area contributed by atoms with Gasteiger partial charge in [-0.2, -0.15) is 4.98 Å². The standard InChI is InChI=1S/C23H29N3O5/c1-15-11-21(25-16(2)24-15)31-18-7-6-10-26(14-18)22(27)9-8-17-12-19(28-3)23(30-5)20(13-17)29-4/h8-9,11-13,18H,6-7,10,14H2,1-5H3/b9-8+. The Morgan fingerprint density at radius 3 is 2.39 bits per heavy atom. The third-order valence-corrected chi connectivity index (χ3v) is 5.03. The zero-order valence-corrected chi connectivity index (χ0v) is 18.7. The van der Waals surface area contributed by atoms with Crippen molar-refractivity contribution in [1.29, 1.82) is 0 Å². The van der Waals surface area contributed by atoms with Crippen LogP contribution in [-0.4, -0.2) is 61.3 Å². The summed E-state index contributed by atoms with van der Waals surface area (Å²) in [5.41, 5.74) is 1.64. The zero-order valence-electron chi connectivity index (χ0n) is 18.7. The zero-order chi connectivity index (χ0) is 22.4. The van der Waals surface area contributed by atoms with E-state index in [0.717, 1.165) is 24.1 Å². The molecule has 0 bridgehead atoms. The summed E-state index contributed by atoms with van der Waals surface area (Å²) in [6, 6.07) is 5.41. The summed E-state index contributed by atoms with van der Waals surface area (Å²) in [5, 5.41) is 0. The van der Waals surface area contributed by atoms with Crippen LogP contribution in [0.5, 0.6) is 23.1 Å². The van der Waals surface area contributed by atoms with Crippen LogP contribution in [0.1, 0.15) is 29.9 Å². The summed E-state index contributed by atoms with van der Waals surface area (Å²) in [5.74, 6) is 2.74. The van der Waals surface area contributed by atoms with Gasteiger partial charge in [-0.1, -0.05) is 0 Å². The van der Waals surface area contributed by atoms with Crippen LogP contribution in [0.2, 0.25) is 0 Å². The molecule has 0 spiro atoms. The average molecular weight is 428 g/mol. The van der Waals surface area contributed by atoms with Crippen molar-refractivity contribution in [2.24, 2.45) is 0 Å². The highest BCUT2D eigenvalue weighted by molar-refractivity contribution is 5.92. The molecular formula is C23H29N3O5. The van der Waals surface area contributed by atoms with Crippen molar-refractivity contribution in [3.05, 3.63) is 41.4 Å². The Kier molecular flexibility index (Phi) is 7.33. The maximum absolute atomic E-state index is 12.8. The highest BCUT2D eigenvalue weighted by Crippen LogP contribution is 2.38. The van der Waals surface area contributed by atoms with Gasteiger partial charge < -0.3 is 23.8 Å². The van der Waals surface area contributed by atoms with Crippen molar-refractivity contribution >= 4 is 12.0 Å². The van der Waals surface area contributed by atoms with E-state index in [9.17, 15) is 4.79 Å². The van der Waals surface area contributed by atoms with Gasteiger partial charge in [-0.25, -0.2) is 4.98 Å². The number of amides is 1. The number of piperidine rings is 1. The van der Waals surface area contributed by atoms with Gasteiger partial charge in [0.15, 0.2) is 11.5 Å². The third-order valence-electron chi connectivity index (χ3n) is 5.03. The molecule has 3 rings (SSSR count). The molecule has 1 saturated heterocycles. The lowest BCUT2D eigenvalue weighted by atomic mass is 10.1. The van der Waals surface area contributed by atoms with Gasteiger partial charge in [0, 0.05) is 24.4 Å². The van der Waals surface area contributed by atoms with Gasteiger partial charge in [0.1, 0.15) is 11.9 Å². The maximum Gasteiger partial charge on any atom is 0.246 e. The fraction of sp³-hybridized carbons (Fsp3) is 0.435. The monoisotopic (exact) mass is 427 g/mol. The molecular weight excluding hydrogens is 398 g/mol. The second-order valence-corrected chi connectivity index (χ2v) is 7.35. The molecule has 2 heterocycles. The summed E-state index contributed by atoms with van der Waals surface area (Å²) in [4.78, 5) is 23.2. The number of aryl methyl sites for hydroxylation is 2. The van der Waals surface area contributed by atoms with Crippen LogP contribution in [0.25, 0.3) is 6.08 Å². The topological polar surface area (TPSA) is 83.0 Å². The molecule has 1 fully saturated rings. The molecule has 2 aromatic rings. The Morgan fingerprint density at radius 1 is 1.06 bits per heavy atom. The smallest absolute Gasteiger partial charge is 0.246 e. The molecule has 1 atom stereocenters. The number of methoxy groups -OCH3 is 3. The van der Waals surface area contributed by atoms with Gasteiger partial charge in [0.25, 0.3) is 0 Å². The fourth-order valence-corrected chi connectivity index (χ4v) is 3.62. The fourth-order valence-electron chi connectivity index (χ4n) is 3.62. The average Bonchev–Trinajstić information content (AvgIpc) is 2.76. The molecule has 0 aliphatic carbocycles. The molecule has 1 aromatic carbocycles. The Balaban J connectivity index is 1.68. The van der Waals surface area contributed by atoms with E-state index < -0.39 is 0 Å². The SMILES string of the molecule is COc1cc(/C=C/C(=O)N2CCCC(Oc3cc(C)nc(C)n3)C2)cc(OC)c1OC. The van der Waals surface area contributed by atoms with Gasteiger partial charge in [0.2, 0.25) is 17.5 Å². The van der Waals surface area contributed by atoms with E-state index in [4.69, 9.17) is 18.9 Å². The van der Waals surface area contributed by atoms with Gasteiger partial charge in [-0.3, -0.25) is 4.79 Å². The Bertz CT molecular complexity index is 915. The predicted octanol–water partition coefficient (Wildman–Crippen LogP) is 3.20. The number of nitrogens with zero attached hydrogens (tertiary/aromatic N) is 3. The quantitative estimate of drug-likeness (QED) is 0.628. The van der Waals surface area contributed by atoms with E-state index in [1.165, 1.54) is 0 Å². The molecule has 1 aliphatic heterocycles. The number of hydrogen-bond donors (Lipinski definition) is 0. The molecule has 1 aromatic heterocycles. The van der Waals surface area contributed by atoms with E-state index in [1.807, 2.05) is 19.9 Å². The Labute approximate surface area is 182 Å². The summed E-state index contributed by atoms with van der Waals surface area (Å²) in [6.45, 7) is 4.96. The van der Waals surface area contributed by atoms with Crippen molar-refractivity contribution in [3.8, 4) is 23.1 Å². The van der Waals surface area contributed by atoms with Crippen LogP contribution < -0.4 is 18.9 Å².